The Hall–Kier alpha value is -3.34. The number of halogens is 3. The zero-order valence-electron chi connectivity index (χ0n) is 13.4. The van der Waals surface area contributed by atoms with E-state index in [9.17, 15) is 22.8 Å². The van der Waals surface area contributed by atoms with Crippen molar-refractivity contribution >= 4 is 17.5 Å². The van der Waals surface area contributed by atoms with Crippen LogP contribution in [0, 0.1) is 11.3 Å². The zero-order valence-corrected chi connectivity index (χ0v) is 13.4. The Kier molecular flexibility index (Phi) is 5.96. The Morgan fingerprint density at radius 1 is 1.08 bits per heavy atom. The van der Waals surface area contributed by atoms with Crippen molar-refractivity contribution in [2.45, 2.75) is 19.1 Å². The quantitative estimate of drug-likeness (QED) is 0.855. The van der Waals surface area contributed by atoms with Gasteiger partial charge in [0.05, 0.1) is 11.6 Å². The van der Waals surface area contributed by atoms with Crippen molar-refractivity contribution in [1.82, 2.24) is 5.32 Å². The Morgan fingerprint density at radius 2 is 1.77 bits per heavy atom. The molecule has 0 spiro atoms. The molecule has 0 radical (unpaired) electrons. The van der Waals surface area contributed by atoms with E-state index in [2.05, 4.69) is 10.6 Å². The normalized spacial score (nSPS) is 10.7. The molecule has 2 aromatic carbocycles. The van der Waals surface area contributed by atoms with E-state index < -0.39 is 23.6 Å². The van der Waals surface area contributed by atoms with Gasteiger partial charge in [-0.2, -0.15) is 18.4 Å². The molecule has 0 aliphatic rings. The molecule has 2 N–H and O–H groups in total. The molecule has 0 fully saturated rings. The number of anilines is 1. The molecule has 0 saturated carbocycles. The van der Waals surface area contributed by atoms with E-state index >= 15 is 0 Å². The Balaban J connectivity index is 1.96. The molecule has 0 heterocycles. The summed E-state index contributed by atoms with van der Waals surface area (Å²) >= 11 is 0. The van der Waals surface area contributed by atoms with Crippen molar-refractivity contribution in [3.63, 3.8) is 0 Å². The lowest BCUT2D eigenvalue weighted by Crippen LogP contribution is -2.23. The molecule has 0 aromatic heterocycles. The number of hydrogen-bond donors (Lipinski definition) is 2. The number of benzene rings is 2. The molecule has 0 atom stereocenters. The summed E-state index contributed by atoms with van der Waals surface area (Å²) in [6, 6.07) is 12.3. The van der Waals surface area contributed by atoms with Gasteiger partial charge in [0, 0.05) is 17.8 Å². The Morgan fingerprint density at radius 3 is 2.38 bits per heavy atom. The van der Waals surface area contributed by atoms with Gasteiger partial charge in [0.2, 0.25) is 5.91 Å². The summed E-state index contributed by atoms with van der Waals surface area (Å²) in [4.78, 5) is 23.4. The molecule has 134 valence electrons. The van der Waals surface area contributed by atoms with Crippen molar-refractivity contribution in [1.29, 1.82) is 5.26 Å². The van der Waals surface area contributed by atoms with E-state index in [1.807, 2.05) is 0 Å². The Labute approximate surface area is 147 Å². The number of rotatable bonds is 5. The standard InChI is InChI=1S/C18H14F3N3O2/c19-18(20,21)14-3-1-2-12(10-14)11-23-17(26)13-4-6-15(7-5-13)24-16(25)8-9-22/h1-7,10H,8,11H2,(H,23,26)(H,24,25). The second-order valence-corrected chi connectivity index (χ2v) is 5.34. The summed E-state index contributed by atoms with van der Waals surface area (Å²) in [5.74, 6) is -0.924. The van der Waals surface area contributed by atoms with E-state index in [0.29, 0.717) is 11.3 Å². The fourth-order valence-electron chi connectivity index (χ4n) is 2.12. The lowest BCUT2D eigenvalue weighted by Gasteiger charge is -2.10. The van der Waals surface area contributed by atoms with Crippen LogP contribution in [0.1, 0.15) is 27.9 Å². The topological polar surface area (TPSA) is 82.0 Å². The van der Waals surface area contributed by atoms with Crippen LogP contribution >= 0.6 is 0 Å². The lowest BCUT2D eigenvalue weighted by atomic mass is 10.1. The van der Waals surface area contributed by atoms with Gasteiger partial charge < -0.3 is 10.6 Å². The molecule has 2 rings (SSSR count). The summed E-state index contributed by atoms with van der Waals surface area (Å²) < 4.78 is 38.0. The Bertz CT molecular complexity index is 840. The number of nitriles is 1. The summed E-state index contributed by atoms with van der Waals surface area (Å²) in [7, 11) is 0. The van der Waals surface area contributed by atoms with E-state index in [4.69, 9.17) is 5.26 Å². The maximum absolute atomic E-state index is 12.7. The third kappa shape index (κ3) is 5.34. The molecule has 0 bridgehead atoms. The predicted molar refractivity (Wildman–Crippen MR) is 87.9 cm³/mol. The van der Waals surface area contributed by atoms with Crippen molar-refractivity contribution < 1.29 is 22.8 Å². The molecule has 0 aliphatic carbocycles. The molecule has 5 nitrogen and oxygen atoms in total. The first-order valence-corrected chi connectivity index (χ1v) is 7.51. The number of nitrogens with one attached hydrogen (secondary N) is 2. The molecular formula is C18H14F3N3O2. The largest absolute Gasteiger partial charge is 0.416 e. The first kappa shape index (κ1) is 19.0. The maximum Gasteiger partial charge on any atom is 0.416 e. The van der Waals surface area contributed by atoms with Gasteiger partial charge in [-0.1, -0.05) is 12.1 Å². The van der Waals surface area contributed by atoms with Crippen molar-refractivity contribution in [3.8, 4) is 6.07 Å². The summed E-state index contributed by atoms with van der Waals surface area (Å²) in [5, 5.41) is 13.4. The lowest BCUT2D eigenvalue weighted by molar-refractivity contribution is -0.137. The minimum Gasteiger partial charge on any atom is -0.348 e. The summed E-state index contributed by atoms with van der Waals surface area (Å²) in [5.41, 5.74) is 0.269. The second kappa shape index (κ2) is 8.16. The highest BCUT2D eigenvalue weighted by atomic mass is 19.4. The van der Waals surface area contributed by atoms with E-state index in [0.717, 1.165) is 12.1 Å². The van der Waals surface area contributed by atoms with E-state index in [1.165, 1.54) is 36.4 Å². The molecule has 26 heavy (non-hydrogen) atoms. The monoisotopic (exact) mass is 361 g/mol. The van der Waals surface area contributed by atoms with Crippen LogP contribution in [0.25, 0.3) is 0 Å². The summed E-state index contributed by atoms with van der Waals surface area (Å²) in [6.07, 6.45) is -4.72. The maximum atomic E-state index is 12.7. The van der Waals surface area contributed by atoms with Gasteiger partial charge in [0.15, 0.2) is 0 Å². The van der Waals surface area contributed by atoms with Gasteiger partial charge >= 0.3 is 6.18 Å². The minimum atomic E-state index is -4.44. The number of carbonyl (C=O) groups is 2. The number of hydrogen-bond acceptors (Lipinski definition) is 3. The van der Waals surface area contributed by atoms with Crippen LogP contribution in [0.2, 0.25) is 0 Å². The highest BCUT2D eigenvalue weighted by molar-refractivity contribution is 5.96. The van der Waals surface area contributed by atoms with Crippen LogP contribution in [0.4, 0.5) is 18.9 Å². The van der Waals surface area contributed by atoms with Gasteiger partial charge in [-0.25, -0.2) is 0 Å². The highest BCUT2D eigenvalue weighted by Gasteiger charge is 2.30. The zero-order chi connectivity index (χ0) is 19.2. The fraction of sp³-hybridized carbons (Fsp3) is 0.167. The predicted octanol–water partition coefficient (Wildman–Crippen LogP) is 3.49. The van der Waals surface area contributed by atoms with Crippen molar-refractivity contribution in [2.24, 2.45) is 0 Å². The van der Waals surface area contributed by atoms with Crippen LogP contribution in [-0.2, 0) is 17.5 Å². The average molecular weight is 361 g/mol. The number of nitrogens with zero attached hydrogens (tertiary/aromatic N) is 1. The van der Waals surface area contributed by atoms with Gasteiger partial charge in [-0.15, -0.1) is 0 Å². The van der Waals surface area contributed by atoms with E-state index in [1.54, 1.807) is 6.07 Å². The molecule has 0 saturated heterocycles. The minimum absolute atomic E-state index is 0.0522. The SMILES string of the molecule is N#CCC(=O)Nc1ccc(C(=O)NCc2cccc(C(F)(F)F)c2)cc1. The molecule has 8 heteroatoms. The number of carbonyl (C=O) groups excluding carboxylic acids is 2. The first-order chi connectivity index (χ1) is 12.3. The fourth-order valence-corrected chi connectivity index (χ4v) is 2.12. The van der Waals surface area contributed by atoms with Gasteiger partial charge in [-0.3, -0.25) is 9.59 Å². The van der Waals surface area contributed by atoms with Gasteiger partial charge in [-0.05, 0) is 42.0 Å². The molecule has 0 unspecified atom stereocenters. The molecular weight excluding hydrogens is 347 g/mol. The average Bonchev–Trinajstić information content (AvgIpc) is 2.60. The smallest absolute Gasteiger partial charge is 0.348 e. The van der Waals surface area contributed by atoms with Gasteiger partial charge in [0.1, 0.15) is 6.42 Å². The van der Waals surface area contributed by atoms with E-state index in [-0.39, 0.29) is 18.5 Å². The van der Waals surface area contributed by atoms with Crippen LogP contribution in [0.15, 0.2) is 48.5 Å². The molecule has 0 aliphatic heterocycles. The van der Waals surface area contributed by atoms with Gasteiger partial charge in [0.25, 0.3) is 5.91 Å². The highest BCUT2D eigenvalue weighted by Crippen LogP contribution is 2.29. The third-order valence-electron chi connectivity index (χ3n) is 3.38. The van der Waals surface area contributed by atoms with Crippen LogP contribution < -0.4 is 10.6 Å². The number of alkyl halides is 3. The second-order valence-electron chi connectivity index (χ2n) is 5.34. The van der Waals surface area contributed by atoms with Crippen LogP contribution in [-0.4, -0.2) is 11.8 Å². The van der Waals surface area contributed by atoms with Crippen molar-refractivity contribution in [3.05, 3.63) is 65.2 Å². The van der Waals surface area contributed by atoms with Crippen LogP contribution in [0.5, 0.6) is 0 Å². The van der Waals surface area contributed by atoms with Crippen LogP contribution in [0.3, 0.4) is 0 Å². The summed E-state index contributed by atoms with van der Waals surface area (Å²) in [6.45, 7) is -0.0522. The first-order valence-electron chi connectivity index (χ1n) is 7.51. The van der Waals surface area contributed by atoms with Crippen molar-refractivity contribution in [2.75, 3.05) is 5.32 Å². The molecule has 2 aromatic rings. The third-order valence-corrected chi connectivity index (χ3v) is 3.38. The molecule has 2 amide bonds. The number of amides is 2.